The molecule has 0 aliphatic heterocycles. The molecule has 0 radical (unpaired) electrons. The Hall–Kier alpha value is -2.05. The van der Waals surface area contributed by atoms with Gasteiger partial charge < -0.3 is 15.3 Å². The lowest BCUT2D eigenvalue weighted by atomic mass is 10.2. The van der Waals surface area contributed by atoms with Crippen molar-refractivity contribution >= 4 is 12.0 Å². The number of carboxylic acid groups (broad SMARTS) is 1. The summed E-state index contributed by atoms with van der Waals surface area (Å²) in [5.41, 5.74) is 1.98. The van der Waals surface area contributed by atoms with Crippen LogP contribution in [0.15, 0.2) is 6.20 Å². The van der Waals surface area contributed by atoms with Gasteiger partial charge in [0, 0.05) is 44.9 Å². The first-order chi connectivity index (χ1) is 8.91. The average molecular weight is 268 g/mol. The maximum atomic E-state index is 11.8. The fourth-order valence-electron chi connectivity index (χ4n) is 1.59. The van der Waals surface area contributed by atoms with Gasteiger partial charge in [0.1, 0.15) is 0 Å². The average Bonchev–Trinajstić information content (AvgIpc) is 2.66. The molecule has 106 valence electrons. The molecule has 1 aromatic heterocycles. The number of amides is 2. The summed E-state index contributed by atoms with van der Waals surface area (Å²) >= 11 is 0. The van der Waals surface area contributed by atoms with Crippen molar-refractivity contribution in [3.63, 3.8) is 0 Å². The van der Waals surface area contributed by atoms with Gasteiger partial charge in [-0.1, -0.05) is 0 Å². The molecule has 7 heteroatoms. The molecule has 0 bridgehead atoms. The molecule has 0 saturated carbocycles. The Bertz CT molecular complexity index is 456. The number of carboxylic acids is 1. The van der Waals surface area contributed by atoms with Crippen molar-refractivity contribution in [2.75, 3.05) is 13.6 Å². The van der Waals surface area contributed by atoms with E-state index in [2.05, 4.69) is 10.4 Å². The van der Waals surface area contributed by atoms with Crippen LogP contribution in [0.5, 0.6) is 0 Å². The van der Waals surface area contributed by atoms with Gasteiger partial charge in [-0.3, -0.25) is 9.48 Å². The van der Waals surface area contributed by atoms with Crippen molar-refractivity contribution in [2.24, 2.45) is 7.05 Å². The third kappa shape index (κ3) is 4.61. The van der Waals surface area contributed by atoms with Crippen LogP contribution in [0.1, 0.15) is 24.1 Å². The van der Waals surface area contributed by atoms with Crippen molar-refractivity contribution < 1.29 is 14.7 Å². The van der Waals surface area contributed by atoms with Gasteiger partial charge in [0.05, 0.1) is 6.20 Å². The van der Waals surface area contributed by atoms with Gasteiger partial charge >= 0.3 is 12.0 Å². The molecule has 0 atom stereocenters. The van der Waals surface area contributed by atoms with Gasteiger partial charge in [-0.25, -0.2) is 4.79 Å². The number of rotatable bonds is 6. The third-order valence-corrected chi connectivity index (χ3v) is 3.00. The summed E-state index contributed by atoms with van der Waals surface area (Å²) in [6.07, 6.45) is 2.24. The Balaban J connectivity index is 2.34. The quantitative estimate of drug-likeness (QED) is 0.796. The summed E-state index contributed by atoms with van der Waals surface area (Å²) in [5.74, 6) is -0.847. The largest absolute Gasteiger partial charge is 0.481 e. The minimum Gasteiger partial charge on any atom is -0.481 e. The second-order valence-corrected chi connectivity index (χ2v) is 4.46. The summed E-state index contributed by atoms with van der Waals surface area (Å²) in [6, 6.07) is -0.214. The van der Waals surface area contributed by atoms with Crippen LogP contribution >= 0.6 is 0 Å². The number of urea groups is 1. The van der Waals surface area contributed by atoms with Crippen LogP contribution in [0.2, 0.25) is 0 Å². The highest BCUT2D eigenvalue weighted by Crippen LogP contribution is 2.05. The second-order valence-electron chi connectivity index (χ2n) is 4.46. The molecule has 7 nitrogen and oxygen atoms in total. The highest BCUT2D eigenvalue weighted by atomic mass is 16.4. The summed E-state index contributed by atoms with van der Waals surface area (Å²) in [6.45, 7) is 2.77. The molecule has 0 spiro atoms. The highest BCUT2D eigenvalue weighted by molar-refractivity contribution is 5.74. The van der Waals surface area contributed by atoms with Crippen molar-refractivity contribution in [1.82, 2.24) is 20.0 Å². The van der Waals surface area contributed by atoms with E-state index in [1.165, 1.54) is 4.90 Å². The van der Waals surface area contributed by atoms with E-state index in [0.29, 0.717) is 19.5 Å². The molecule has 2 N–H and O–H groups in total. The first-order valence-corrected chi connectivity index (χ1v) is 6.10. The maximum Gasteiger partial charge on any atom is 0.317 e. The lowest BCUT2D eigenvalue weighted by Gasteiger charge is -2.17. The normalized spacial score (nSPS) is 10.3. The molecule has 2 amide bonds. The Kier molecular flexibility index (Phi) is 5.35. The van der Waals surface area contributed by atoms with Gasteiger partial charge in [0.15, 0.2) is 0 Å². The van der Waals surface area contributed by atoms with Crippen LogP contribution in [-0.4, -0.2) is 45.4 Å². The minimum atomic E-state index is -0.847. The van der Waals surface area contributed by atoms with E-state index in [-0.39, 0.29) is 12.5 Å². The van der Waals surface area contributed by atoms with Gasteiger partial charge in [0.25, 0.3) is 0 Å². The number of aryl methyl sites for hydroxylation is 1. The van der Waals surface area contributed by atoms with E-state index in [1.54, 1.807) is 17.9 Å². The zero-order valence-electron chi connectivity index (χ0n) is 11.5. The number of carbonyl (C=O) groups excluding carboxylic acids is 1. The van der Waals surface area contributed by atoms with Gasteiger partial charge in [-0.2, -0.15) is 5.10 Å². The number of nitrogens with zero attached hydrogens (tertiary/aromatic N) is 3. The summed E-state index contributed by atoms with van der Waals surface area (Å²) in [5, 5.41) is 15.4. The molecule has 0 unspecified atom stereocenters. The third-order valence-electron chi connectivity index (χ3n) is 3.00. The second kappa shape index (κ2) is 6.77. The van der Waals surface area contributed by atoms with Crippen LogP contribution in [0.3, 0.4) is 0 Å². The monoisotopic (exact) mass is 268 g/mol. The molecular weight excluding hydrogens is 248 g/mol. The van der Waals surface area contributed by atoms with E-state index in [1.807, 2.05) is 14.0 Å². The van der Waals surface area contributed by atoms with E-state index in [4.69, 9.17) is 5.11 Å². The zero-order chi connectivity index (χ0) is 14.4. The lowest BCUT2D eigenvalue weighted by molar-refractivity contribution is -0.137. The molecule has 0 aromatic carbocycles. The van der Waals surface area contributed by atoms with E-state index in [9.17, 15) is 9.59 Å². The summed E-state index contributed by atoms with van der Waals surface area (Å²) < 4.78 is 1.75. The van der Waals surface area contributed by atoms with Crippen LogP contribution < -0.4 is 5.32 Å². The minimum absolute atomic E-state index is 0.0688. The molecule has 1 aromatic rings. The Morgan fingerprint density at radius 1 is 1.53 bits per heavy atom. The number of aromatic nitrogens is 2. The summed E-state index contributed by atoms with van der Waals surface area (Å²) in [4.78, 5) is 23.6. The molecule has 1 heterocycles. The molecular formula is C12H20N4O3. The van der Waals surface area contributed by atoms with Crippen LogP contribution in [0, 0.1) is 6.92 Å². The fourth-order valence-corrected chi connectivity index (χ4v) is 1.59. The predicted molar refractivity (Wildman–Crippen MR) is 69.7 cm³/mol. The molecule has 0 fully saturated rings. The molecule has 0 aliphatic rings. The van der Waals surface area contributed by atoms with Gasteiger partial charge in [-0.15, -0.1) is 0 Å². The number of nitrogens with one attached hydrogen (secondary N) is 1. The van der Waals surface area contributed by atoms with Crippen LogP contribution in [0.25, 0.3) is 0 Å². The topological polar surface area (TPSA) is 87.5 Å². The zero-order valence-corrected chi connectivity index (χ0v) is 11.5. The maximum absolute atomic E-state index is 11.8. The lowest BCUT2D eigenvalue weighted by Crippen LogP contribution is -2.37. The molecule has 1 rings (SSSR count). The predicted octanol–water partition coefficient (Wildman–Crippen LogP) is 0.735. The smallest absolute Gasteiger partial charge is 0.317 e. The number of hydrogen-bond acceptors (Lipinski definition) is 3. The molecule has 19 heavy (non-hydrogen) atoms. The number of hydrogen-bond donors (Lipinski definition) is 2. The number of carbonyl (C=O) groups is 2. The Morgan fingerprint density at radius 2 is 2.21 bits per heavy atom. The van der Waals surface area contributed by atoms with Gasteiger partial charge in [0.2, 0.25) is 0 Å². The summed E-state index contributed by atoms with van der Waals surface area (Å²) in [7, 11) is 3.49. The van der Waals surface area contributed by atoms with Crippen molar-refractivity contribution in [2.45, 2.75) is 26.3 Å². The van der Waals surface area contributed by atoms with Crippen molar-refractivity contribution in [3.05, 3.63) is 17.5 Å². The first-order valence-electron chi connectivity index (χ1n) is 6.10. The standard InChI is InChI=1S/C12H20N4O3/c1-9-10(8-14-16(9)3)7-13-12(19)15(2)6-4-5-11(17)18/h8H,4-7H2,1-3H3,(H,13,19)(H,17,18). The van der Waals surface area contributed by atoms with E-state index < -0.39 is 5.97 Å². The Morgan fingerprint density at radius 3 is 2.74 bits per heavy atom. The Labute approximate surface area is 112 Å². The van der Waals surface area contributed by atoms with Crippen LogP contribution in [-0.2, 0) is 18.4 Å². The highest BCUT2D eigenvalue weighted by Gasteiger charge is 2.10. The van der Waals surface area contributed by atoms with Gasteiger partial charge in [-0.05, 0) is 13.3 Å². The van der Waals surface area contributed by atoms with Crippen LogP contribution in [0.4, 0.5) is 4.79 Å². The van der Waals surface area contributed by atoms with E-state index in [0.717, 1.165) is 11.3 Å². The SMILES string of the molecule is Cc1c(CNC(=O)N(C)CCCC(=O)O)cnn1C. The number of aliphatic carboxylic acids is 1. The fraction of sp³-hybridized carbons (Fsp3) is 0.583. The van der Waals surface area contributed by atoms with E-state index >= 15 is 0 Å². The molecule has 0 aliphatic carbocycles. The van der Waals surface area contributed by atoms with Crippen molar-refractivity contribution in [1.29, 1.82) is 0 Å². The van der Waals surface area contributed by atoms with Crippen molar-refractivity contribution in [3.8, 4) is 0 Å². The first kappa shape index (κ1) is 15.0. The molecule has 0 saturated heterocycles.